The van der Waals surface area contributed by atoms with Crippen molar-refractivity contribution in [1.82, 2.24) is 0 Å². The van der Waals surface area contributed by atoms with Crippen molar-refractivity contribution in [3.8, 4) is 5.75 Å². The van der Waals surface area contributed by atoms with Crippen LogP contribution in [0.25, 0.3) is 0 Å². The Hall–Kier alpha value is -0.670. The van der Waals surface area contributed by atoms with Crippen LogP contribution in [0.4, 0.5) is 0 Å². The number of fused-ring (bicyclic) bond motifs is 2. The van der Waals surface area contributed by atoms with Crippen molar-refractivity contribution in [3.05, 3.63) is 29.8 Å². The molecule has 1 N–H and O–H groups in total. The van der Waals surface area contributed by atoms with Gasteiger partial charge in [0.2, 0.25) is 0 Å². The van der Waals surface area contributed by atoms with Crippen molar-refractivity contribution >= 4 is 12.6 Å². The molecule has 0 aromatic heterocycles. The number of phenolic OH excluding ortho intramolecular Hbond substituents is 1. The largest absolute Gasteiger partial charge is 0.508 e. The molecule has 4 rings (SSSR count). The molecule has 0 bridgehead atoms. The topological polar surface area (TPSA) is 29.5 Å². The second kappa shape index (κ2) is 9.43. The molecule has 2 nitrogen and oxygen atoms in total. The summed E-state index contributed by atoms with van der Waals surface area (Å²) in [4.78, 5) is 0. The van der Waals surface area contributed by atoms with Crippen LogP contribution in [-0.4, -0.2) is 23.1 Å². The third-order valence-electron chi connectivity index (χ3n) is 6.89. The molecule has 158 valence electrons. The Balaban J connectivity index is 0.000000169. The molecule has 1 saturated heterocycles. The van der Waals surface area contributed by atoms with Gasteiger partial charge in [-0.2, -0.15) is 12.6 Å². The van der Waals surface area contributed by atoms with Gasteiger partial charge >= 0.3 is 0 Å². The van der Waals surface area contributed by atoms with E-state index in [-0.39, 0.29) is 0 Å². The number of ether oxygens (including phenoxy) is 1. The molecule has 3 fully saturated rings. The normalized spacial score (nSPS) is 35.2. The van der Waals surface area contributed by atoms with Crippen LogP contribution in [0.3, 0.4) is 0 Å². The van der Waals surface area contributed by atoms with Crippen LogP contribution < -0.4 is 0 Å². The van der Waals surface area contributed by atoms with E-state index in [1.807, 2.05) is 12.1 Å². The predicted molar refractivity (Wildman–Crippen MR) is 121 cm³/mol. The monoisotopic (exact) mass is 404 g/mol. The predicted octanol–water partition coefficient (Wildman–Crippen LogP) is 6.52. The van der Waals surface area contributed by atoms with Crippen molar-refractivity contribution in [3.63, 3.8) is 0 Å². The number of aromatic hydroxyl groups is 1. The lowest BCUT2D eigenvalue weighted by molar-refractivity contribution is -0.0757. The molecule has 6 unspecified atom stereocenters. The Bertz CT molecular complexity index is 580. The summed E-state index contributed by atoms with van der Waals surface area (Å²) in [6, 6.07) is 7.42. The summed E-state index contributed by atoms with van der Waals surface area (Å²) in [6.45, 7) is 9.90. The van der Waals surface area contributed by atoms with Crippen molar-refractivity contribution in [2.45, 2.75) is 84.0 Å². The van der Waals surface area contributed by atoms with Gasteiger partial charge in [0.05, 0.1) is 12.7 Å². The molecule has 0 radical (unpaired) electrons. The van der Waals surface area contributed by atoms with E-state index in [4.69, 9.17) is 9.84 Å². The maximum Gasteiger partial charge on any atom is 0.115 e. The summed E-state index contributed by atoms with van der Waals surface area (Å²) in [7, 11) is 0. The first-order valence-corrected chi connectivity index (χ1v) is 11.8. The minimum Gasteiger partial charge on any atom is -0.508 e. The summed E-state index contributed by atoms with van der Waals surface area (Å²) in [5, 5.41) is 9.74. The fourth-order valence-electron chi connectivity index (χ4n) is 5.56. The Morgan fingerprint density at radius 3 is 2.25 bits per heavy atom. The summed E-state index contributed by atoms with van der Waals surface area (Å²) in [6.07, 6.45) is 9.96. The fourth-order valence-corrected chi connectivity index (χ4v) is 5.98. The second-order valence-corrected chi connectivity index (χ2v) is 11.5. The standard InChI is InChI=1S/C14H24OS.C11H16O/c1-9-4-11-5-10-2-3-14(16)7-12(10)6-13(11)8-15-9;1-11(2,3)8-9-4-6-10(12)7-5-9/h9-14,16H,2-8H2,1H3;4-7,12H,8H2,1-3H3. The lowest BCUT2D eigenvalue weighted by atomic mass is 9.62. The first-order valence-electron chi connectivity index (χ1n) is 11.3. The minimum absolute atomic E-state index is 0.316. The maximum absolute atomic E-state index is 9.05. The van der Waals surface area contributed by atoms with Crippen molar-refractivity contribution in [2.24, 2.45) is 29.1 Å². The molecule has 1 heterocycles. The van der Waals surface area contributed by atoms with Gasteiger partial charge in [0, 0.05) is 5.25 Å². The van der Waals surface area contributed by atoms with Gasteiger partial charge in [0.1, 0.15) is 5.75 Å². The summed E-state index contributed by atoms with van der Waals surface area (Å²) < 4.78 is 5.83. The van der Waals surface area contributed by atoms with Gasteiger partial charge in [-0.3, -0.25) is 0 Å². The molecule has 3 aliphatic rings. The van der Waals surface area contributed by atoms with E-state index in [0.717, 1.165) is 36.7 Å². The van der Waals surface area contributed by atoms with Crippen molar-refractivity contribution in [1.29, 1.82) is 0 Å². The van der Waals surface area contributed by atoms with E-state index in [1.54, 1.807) is 12.1 Å². The van der Waals surface area contributed by atoms with Crippen LogP contribution in [0, 0.1) is 29.1 Å². The zero-order valence-corrected chi connectivity index (χ0v) is 19.1. The Morgan fingerprint density at radius 2 is 1.57 bits per heavy atom. The smallest absolute Gasteiger partial charge is 0.115 e. The van der Waals surface area contributed by atoms with E-state index in [1.165, 1.54) is 44.1 Å². The molecular weight excluding hydrogens is 364 g/mol. The number of benzene rings is 1. The molecule has 2 aliphatic carbocycles. The van der Waals surface area contributed by atoms with E-state index in [9.17, 15) is 0 Å². The van der Waals surface area contributed by atoms with Gasteiger partial charge in [-0.15, -0.1) is 0 Å². The first-order chi connectivity index (χ1) is 13.2. The third-order valence-corrected chi connectivity index (χ3v) is 7.36. The van der Waals surface area contributed by atoms with Crippen LogP contribution >= 0.6 is 12.6 Å². The molecule has 6 atom stereocenters. The Labute approximate surface area is 177 Å². The number of rotatable bonds is 1. The van der Waals surface area contributed by atoms with Gasteiger partial charge in [-0.25, -0.2) is 0 Å². The van der Waals surface area contributed by atoms with Crippen molar-refractivity contribution < 1.29 is 9.84 Å². The fraction of sp³-hybridized carbons (Fsp3) is 0.760. The Kier molecular flexibility index (Phi) is 7.42. The van der Waals surface area contributed by atoms with Crippen LogP contribution in [0.2, 0.25) is 0 Å². The van der Waals surface area contributed by atoms with E-state index in [0.29, 0.717) is 22.5 Å². The molecular formula is C25H40O2S. The van der Waals surface area contributed by atoms with Gasteiger partial charge in [0.15, 0.2) is 0 Å². The molecule has 3 heteroatoms. The maximum atomic E-state index is 9.05. The average Bonchev–Trinajstić information content (AvgIpc) is 2.61. The first kappa shape index (κ1) is 22.0. The van der Waals surface area contributed by atoms with E-state index >= 15 is 0 Å². The van der Waals surface area contributed by atoms with Gasteiger partial charge in [0.25, 0.3) is 0 Å². The molecule has 28 heavy (non-hydrogen) atoms. The van der Waals surface area contributed by atoms with Gasteiger partial charge in [-0.05, 0) is 98.7 Å². The summed E-state index contributed by atoms with van der Waals surface area (Å²) >= 11 is 4.68. The average molecular weight is 405 g/mol. The van der Waals surface area contributed by atoms with E-state index < -0.39 is 0 Å². The minimum atomic E-state index is 0.316. The second-order valence-electron chi connectivity index (χ2n) is 10.8. The number of hydrogen-bond donors (Lipinski definition) is 2. The highest BCUT2D eigenvalue weighted by molar-refractivity contribution is 7.80. The molecule has 0 spiro atoms. The number of phenols is 1. The lowest BCUT2D eigenvalue weighted by Crippen LogP contribution is -2.42. The molecule has 1 aromatic carbocycles. The molecule has 0 amide bonds. The molecule has 2 saturated carbocycles. The zero-order valence-electron chi connectivity index (χ0n) is 18.2. The van der Waals surface area contributed by atoms with Crippen molar-refractivity contribution in [2.75, 3.05) is 6.61 Å². The third kappa shape index (κ3) is 6.42. The summed E-state index contributed by atoms with van der Waals surface area (Å²) in [5.41, 5.74) is 1.59. The molecule has 1 aromatic rings. The van der Waals surface area contributed by atoms with Crippen LogP contribution in [0.1, 0.15) is 71.8 Å². The van der Waals surface area contributed by atoms with Crippen LogP contribution in [-0.2, 0) is 11.2 Å². The highest BCUT2D eigenvalue weighted by Gasteiger charge is 2.41. The van der Waals surface area contributed by atoms with Crippen LogP contribution in [0.15, 0.2) is 24.3 Å². The van der Waals surface area contributed by atoms with E-state index in [2.05, 4.69) is 40.3 Å². The highest BCUT2D eigenvalue weighted by Crippen LogP contribution is 2.49. The molecule has 1 aliphatic heterocycles. The van der Waals surface area contributed by atoms with Crippen LogP contribution in [0.5, 0.6) is 5.75 Å². The van der Waals surface area contributed by atoms with Gasteiger partial charge in [-0.1, -0.05) is 32.9 Å². The van der Waals surface area contributed by atoms with Gasteiger partial charge < -0.3 is 9.84 Å². The Morgan fingerprint density at radius 1 is 0.929 bits per heavy atom. The zero-order chi connectivity index (χ0) is 20.3. The quantitative estimate of drug-likeness (QED) is 0.522. The number of thiol groups is 1. The summed E-state index contributed by atoms with van der Waals surface area (Å²) in [5.74, 6) is 4.18. The lowest BCUT2D eigenvalue weighted by Gasteiger charge is -2.48. The number of hydrogen-bond acceptors (Lipinski definition) is 3. The highest BCUT2D eigenvalue weighted by atomic mass is 32.1. The SMILES string of the molecule is CC(C)(C)Cc1ccc(O)cc1.CC1CC2CC3CCC(S)CC3CC2CO1.